The van der Waals surface area contributed by atoms with Crippen molar-refractivity contribution in [2.45, 2.75) is 24.7 Å². The molecule has 0 radical (unpaired) electrons. The first-order valence-corrected chi connectivity index (χ1v) is 8.90. The molecular weight excluding hydrogens is 342 g/mol. The molecule has 3 N–H and O–H groups in total. The summed E-state index contributed by atoms with van der Waals surface area (Å²) in [6, 6.07) is 17.3. The van der Waals surface area contributed by atoms with Crippen LogP contribution in [-0.2, 0) is 26.2 Å². The van der Waals surface area contributed by atoms with E-state index < -0.39 is 11.3 Å². The standard InChI is InChI=1S/C21H23N3O3/c1-24-17-10-6-5-9-16(17)21(20(24)27,13-15-7-3-2-4-8-15)14-19(26)23-12-11-18(22)25/h2-10H,11-14H2,1H3,(H2,22,25)(H,23,26)/t21-/m1/s1. The zero-order valence-electron chi connectivity index (χ0n) is 15.3. The number of nitrogens with zero attached hydrogens (tertiary/aromatic N) is 1. The second-order valence-electron chi connectivity index (χ2n) is 6.87. The van der Waals surface area contributed by atoms with E-state index in [0.717, 1.165) is 16.8 Å². The Hall–Kier alpha value is -3.15. The minimum atomic E-state index is -0.969. The number of hydrogen-bond donors (Lipinski definition) is 2. The summed E-state index contributed by atoms with van der Waals surface area (Å²) in [6.45, 7) is 0.168. The number of primary amides is 1. The largest absolute Gasteiger partial charge is 0.370 e. The van der Waals surface area contributed by atoms with Crippen LogP contribution in [0.3, 0.4) is 0 Å². The molecule has 1 aliphatic rings. The summed E-state index contributed by atoms with van der Waals surface area (Å²) >= 11 is 0. The molecule has 1 aliphatic heterocycles. The highest BCUT2D eigenvalue weighted by atomic mass is 16.2. The topological polar surface area (TPSA) is 92.5 Å². The number of nitrogens with two attached hydrogens (primary N) is 1. The molecule has 1 heterocycles. The fourth-order valence-electron chi connectivity index (χ4n) is 3.73. The molecule has 6 heteroatoms. The van der Waals surface area contributed by atoms with Gasteiger partial charge in [-0.1, -0.05) is 48.5 Å². The van der Waals surface area contributed by atoms with E-state index in [1.807, 2.05) is 54.6 Å². The van der Waals surface area contributed by atoms with Gasteiger partial charge in [0.05, 0.1) is 5.41 Å². The molecule has 0 bridgehead atoms. The lowest BCUT2D eigenvalue weighted by atomic mass is 9.73. The van der Waals surface area contributed by atoms with Gasteiger partial charge >= 0.3 is 0 Å². The predicted molar refractivity (Wildman–Crippen MR) is 103 cm³/mol. The summed E-state index contributed by atoms with van der Waals surface area (Å²) < 4.78 is 0. The van der Waals surface area contributed by atoms with E-state index in [1.165, 1.54) is 0 Å². The molecule has 0 aliphatic carbocycles. The number of carbonyl (C=O) groups excluding carboxylic acids is 3. The highest BCUT2D eigenvalue weighted by Gasteiger charge is 2.50. The lowest BCUT2D eigenvalue weighted by Gasteiger charge is -2.28. The van der Waals surface area contributed by atoms with Crippen LogP contribution in [0.5, 0.6) is 0 Å². The maximum absolute atomic E-state index is 13.3. The van der Waals surface area contributed by atoms with E-state index in [9.17, 15) is 14.4 Å². The van der Waals surface area contributed by atoms with Gasteiger partial charge in [0.25, 0.3) is 0 Å². The smallest absolute Gasteiger partial charge is 0.238 e. The van der Waals surface area contributed by atoms with Crippen molar-refractivity contribution in [2.75, 3.05) is 18.5 Å². The Morgan fingerprint density at radius 3 is 2.44 bits per heavy atom. The first-order valence-electron chi connectivity index (χ1n) is 8.90. The van der Waals surface area contributed by atoms with E-state index in [1.54, 1.807) is 11.9 Å². The molecule has 27 heavy (non-hydrogen) atoms. The Balaban J connectivity index is 1.94. The molecule has 1 atom stereocenters. The summed E-state index contributed by atoms with van der Waals surface area (Å²) in [7, 11) is 1.74. The lowest BCUT2D eigenvalue weighted by molar-refractivity contribution is -0.129. The molecule has 0 fully saturated rings. The number of rotatable bonds is 7. The van der Waals surface area contributed by atoms with Gasteiger partial charge in [0, 0.05) is 32.1 Å². The minimum Gasteiger partial charge on any atom is -0.370 e. The molecule has 140 valence electrons. The molecule has 0 unspecified atom stereocenters. The van der Waals surface area contributed by atoms with E-state index in [2.05, 4.69) is 5.32 Å². The molecule has 3 amide bonds. The average Bonchev–Trinajstić information content (AvgIpc) is 2.85. The van der Waals surface area contributed by atoms with Crippen LogP contribution in [0.15, 0.2) is 54.6 Å². The predicted octanol–water partition coefficient (Wildman–Crippen LogP) is 1.53. The van der Waals surface area contributed by atoms with Crippen molar-refractivity contribution in [3.63, 3.8) is 0 Å². The summed E-state index contributed by atoms with van der Waals surface area (Å²) in [4.78, 5) is 38.4. The van der Waals surface area contributed by atoms with E-state index in [0.29, 0.717) is 6.42 Å². The van der Waals surface area contributed by atoms with Gasteiger partial charge in [0.15, 0.2) is 0 Å². The fourth-order valence-corrected chi connectivity index (χ4v) is 3.73. The number of anilines is 1. The minimum absolute atomic E-state index is 0.0147. The quantitative estimate of drug-likeness (QED) is 0.779. The summed E-state index contributed by atoms with van der Waals surface area (Å²) in [5, 5.41) is 2.71. The SMILES string of the molecule is CN1C(=O)[C@@](CC(=O)NCCC(N)=O)(Cc2ccccc2)c2ccccc21. The van der Waals surface area contributed by atoms with Gasteiger partial charge in [-0.15, -0.1) is 0 Å². The number of carbonyl (C=O) groups is 3. The Bertz CT molecular complexity index is 866. The highest BCUT2D eigenvalue weighted by Crippen LogP contribution is 2.45. The van der Waals surface area contributed by atoms with Gasteiger partial charge in [-0.05, 0) is 23.6 Å². The van der Waals surface area contributed by atoms with Gasteiger partial charge in [-0.3, -0.25) is 14.4 Å². The highest BCUT2D eigenvalue weighted by molar-refractivity contribution is 6.09. The number of amides is 3. The van der Waals surface area contributed by atoms with Crippen LogP contribution in [0.25, 0.3) is 0 Å². The maximum atomic E-state index is 13.3. The lowest BCUT2D eigenvalue weighted by Crippen LogP contribution is -2.44. The first-order chi connectivity index (χ1) is 12.9. The van der Waals surface area contributed by atoms with Crippen LogP contribution in [0.1, 0.15) is 24.0 Å². The second-order valence-corrected chi connectivity index (χ2v) is 6.87. The Morgan fingerprint density at radius 2 is 1.74 bits per heavy atom. The molecule has 0 spiro atoms. The number of nitrogens with one attached hydrogen (secondary N) is 1. The van der Waals surface area contributed by atoms with Crippen molar-refractivity contribution >= 4 is 23.4 Å². The molecule has 2 aromatic carbocycles. The van der Waals surface area contributed by atoms with Crippen LogP contribution < -0.4 is 16.0 Å². The Morgan fingerprint density at radius 1 is 1.07 bits per heavy atom. The zero-order chi connectivity index (χ0) is 19.4. The molecular formula is C21H23N3O3. The van der Waals surface area contributed by atoms with Gasteiger partial charge in [0.1, 0.15) is 0 Å². The molecule has 3 rings (SSSR count). The van der Waals surface area contributed by atoms with Crippen LogP contribution in [-0.4, -0.2) is 31.3 Å². The third kappa shape index (κ3) is 3.69. The number of benzene rings is 2. The average molecular weight is 365 g/mol. The third-order valence-corrected chi connectivity index (χ3v) is 5.00. The number of para-hydroxylation sites is 1. The molecule has 2 aromatic rings. The van der Waals surface area contributed by atoms with Gasteiger partial charge < -0.3 is 16.0 Å². The molecule has 0 aromatic heterocycles. The number of hydrogen-bond acceptors (Lipinski definition) is 3. The molecule has 0 saturated carbocycles. The van der Waals surface area contributed by atoms with E-state index in [4.69, 9.17) is 5.73 Å². The monoisotopic (exact) mass is 365 g/mol. The molecule has 0 saturated heterocycles. The van der Waals surface area contributed by atoms with Crippen LogP contribution in [0, 0.1) is 0 Å². The number of likely N-dealkylation sites (N-methyl/N-ethyl adjacent to an activating group) is 1. The van der Waals surface area contributed by atoms with Crippen molar-refractivity contribution in [3.8, 4) is 0 Å². The summed E-state index contributed by atoms with van der Waals surface area (Å²) in [5.74, 6) is -0.848. The van der Waals surface area contributed by atoms with Crippen LogP contribution in [0.4, 0.5) is 5.69 Å². The normalized spacial score (nSPS) is 18.3. The van der Waals surface area contributed by atoms with Gasteiger partial charge in [-0.2, -0.15) is 0 Å². The van der Waals surface area contributed by atoms with Crippen molar-refractivity contribution in [1.82, 2.24) is 5.32 Å². The van der Waals surface area contributed by atoms with Gasteiger partial charge in [0.2, 0.25) is 17.7 Å². The summed E-state index contributed by atoms with van der Waals surface area (Å²) in [5.41, 5.74) is 6.82. The van der Waals surface area contributed by atoms with E-state index >= 15 is 0 Å². The van der Waals surface area contributed by atoms with Crippen molar-refractivity contribution in [1.29, 1.82) is 0 Å². The van der Waals surface area contributed by atoms with Crippen molar-refractivity contribution in [3.05, 3.63) is 65.7 Å². The summed E-state index contributed by atoms with van der Waals surface area (Å²) in [6.07, 6.45) is 0.514. The second kappa shape index (κ2) is 7.61. The third-order valence-electron chi connectivity index (χ3n) is 5.00. The van der Waals surface area contributed by atoms with Gasteiger partial charge in [-0.25, -0.2) is 0 Å². The first kappa shape index (κ1) is 18.6. The van der Waals surface area contributed by atoms with Crippen LogP contribution >= 0.6 is 0 Å². The zero-order valence-corrected chi connectivity index (χ0v) is 15.3. The van der Waals surface area contributed by atoms with Crippen molar-refractivity contribution in [2.24, 2.45) is 5.73 Å². The fraction of sp³-hybridized carbons (Fsp3) is 0.286. The van der Waals surface area contributed by atoms with Crippen molar-refractivity contribution < 1.29 is 14.4 Å². The van der Waals surface area contributed by atoms with E-state index in [-0.39, 0.29) is 31.2 Å². The maximum Gasteiger partial charge on any atom is 0.238 e. The number of fused-ring (bicyclic) bond motifs is 1. The Kier molecular flexibility index (Phi) is 5.26. The van der Waals surface area contributed by atoms with Crippen LogP contribution in [0.2, 0.25) is 0 Å². The Labute approximate surface area is 158 Å². The molecule has 6 nitrogen and oxygen atoms in total.